The second-order valence-electron chi connectivity index (χ2n) is 6.99. The molecule has 0 saturated carbocycles. The van der Waals surface area contributed by atoms with Crippen molar-refractivity contribution >= 4 is 27.6 Å². The van der Waals surface area contributed by atoms with Crippen LogP contribution < -0.4 is 0 Å². The molecule has 1 aromatic carbocycles. The Kier molecular flexibility index (Phi) is 6.61. The maximum absolute atomic E-state index is 13.5. The molecule has 28 heavy (non-hydrogen) atoms. The zero-order chi connectivity index (χ0) is 20.5. The first-order valence-corrected chi connectivity index (χ1v) is 11.1. The fraction of sp³-hybridized carbons (Fsp3) is 0.611. The number of carbonyl (C=O) groups is 1. The molecular formula is C18H24ClFN2O5S. The molecule has 3 atom stereocenters. The lowest BCUT2D eigenvalue weighted by atomic mass is 10.0. The lowest BCUT2D eigenvalue weighted by Crippen LogP contribution is -2.48. The molecule has 156 valence electrons. The number of ether oxygens (including phenoxy) is 1. The first kappa shape index (κ1) is 21.4. The maximum Gasteiger partial charge on any atom is 0.310 e. The minimum Gasteiger partial charge on any atom is -0.466 e. The first-order valence-electron chi connectivity index (χ1n) is 9.22. The summed E-state index contributed by atoms with van der Waals surface area (Å²) in [4.78, 5) is 17.6. The quantitative estimate of drug-likeness (QED) is 0.662. The lowest BCUT2D eigenvalue weighted by Gasteiger charge is -2.34. The Morgan fingerprint density at radius 3 is 2.86 bits per heavy atom. The van der Waals surface area contributed by atoms with Crippen LogP contribution in [0.5, 0.6) is 0 Å². The van der Waals surface area contributed by atoms with Crippen molar-refractivity contribution in [1.82, 2.24) is 9.37 Å². The van der Waals surface area contributed by atoms with E-state index in [-0.39, 0.29) is 30.8 Å². The van der Waals surface area contributed by atoms with Crippen molar-refractivity contribution in [3.05, 3.63) is 34.6 Å². The van der Waals surface area contributed by atoms with Gasteiger partial charge in [0.2, 0.25) is 10.0 Å². The molecule has 1 aromatic rings. The summed E-state index contributed by atoms with van der Waals surface area (Å²) in [6, 6.07) is 3.51. The molecule has 7 nitrogen and oxygen atoms in total. The minimum atomic E-state index is -3.77. The van der Waals surface area contributed by atoms with Crippen molar-refractivity contribution in [2.24, 2.45) is 5.92 Å². The molecule has 2 saturated heterocycles. The van der Waals surface area contributed by atoms with Crippen molar-refractivity contribution < 1.29 is 27.2 Å². The van der Waals surface area contributed by atoms with Crippen LogP contribution in [-0.4, -0.2) is 62.4 Å². The van der Waals surface area contributed by atoms with Gasteiger partial charge in [-0.15, -0.1) is 0 Å². The summed E-state index contributed by atoms with van der Waals surface area (Å²) in [5.41, 5.74) is 0.555. The van der Waals surface area contributed by atoms with E-state index in [1.807, 2.05) is 0 Å². The molecular weight excluding hydrogens is 411 g/mol. The highest BCUT2D eigenvalue weighted by Crippen LogP contribution is 2.37. The van der Waals surface area contributed by atoms with Crippen LogP contribution in [0.2, 0.25) is 5.02 Å². The standard InChI is InChI=1S/C18H24ClFN2O5S/c1-3-26-18(23)13-5-4-8-22(10-13)28(24,25)16-11-27-21(2)17(16)12-6-7-15(20)14(19)9-12/h6-7,9,13,16-17H,3-5,8,10-11H2,1-2H3/t13-,16-,17+/m1/s1. The molecule has 0 N–H and O–H groups in total. The highest BCUT2D eigenvalue weighted by Gasteiger charge is 2.47. The van der Waals surface area contributed by atoms with Gasteiger partial charge in [-0.05, 0) is 37.5 Å². The molecule has 3 rings (SSSR count). The third-order valence-corrected chi connectivity index (χ3v) is 7.72. The summed E-state index contributed by atoms with van der Waals surface area (Å²) in [6.07, 6.45) is 1.18. The fourth-order valence-electron chi connectivity index (χ4n) is 3.78. The number of carbonyl (C=O) groups excluding carboxylic acids is 1. The SMILES string of the molecule is CCOC(=O)[C@@H]1CCCN(S(=O)(=O)[C@@H]2CON(C)[C@H]2c2ccc(F)c(Cl)c2)C1. The predicted octanol–water partition coefficient (Wildman–Crippen LogP) is 2.37. The normalized spacial score (nSPS) is 27.1. The summed E-state index contributed by atoms with van der Waals surface area (Å²) < 4.78 is 46.7. The Balaban J connectivity index is 1.85. The predicted molar refractivity (Wildman–Crippen MR) is 102 cm³/mol. The number of hydrogen-bond acceptors (Lipinski definition) is 6. The zero-order valence-electron chi connectivity index (χ0n) is 15.8. The summed E-state index contributed by atoms with van der Waals surface area (Å²) in [6.45, 7) is 2.39. The smallest absolute Gasteiger partial charge is 0.310 e. The highest BCUT2D eigenvalue weighted by atomic mass is 35.5. The maximum atomic E-state index is 13.5. The molecule has 2 aliphatic rings. The Bertz CT molecular complexity index is 837. The number of piperidine rings is 1. The van der Waals surface area contributed by atoms with Gasteiger partial charge in [-0.2, -0.15) is 5.06 Å². The molecule has 2 aliphatic heterocycles. The van der Waals surface area contributed by atoms with Crippen LogP contribution in [0, 0.1) is 11.7 Å². The van der Waals surface area contributed by atoms with Gasteiger partial charge in [0, 0.05) is 20.1 Å². The van der Waals surface area contributed by atoms with Crippen molar-refractivity contribution in [3.8, 4) is 0 Å². The zero-order valence-corrected chi connectivity index (χ0v) is 17.4. The summed E-state index contributed by atoms with van der Waals surface area (Å²) in [5.74, 6) is -1.41. The topological polar surface area (TPSA) is 76.1 Å². The number of nitrogens with zero attached hydrogens (tertiary/aromatic N) is 2. The number of halogens is 2. The number of rotatable bonds is 5. The van der Waals surface area contributed by atoms with Crippen LogP contribution in [0.3, 0.4) is 0 Å². The van der Waals surface area contributed by atoms with Gasteiger partial charge in [-0.1, -0.05) is 17.7 Å². The monoisotopic (exact) mass is 434 g/mol. The summed E-state index contributed by atoms with van der Waals surface area (Å²) in [5, 5.41) is 0.493. The van der Waals surface area contributed by atoms with E-state index in [4.69, 9.17) is 21.2 Å². The fourth-order valence-corrected chi connectivity index (χ4v) is 6.01. The van der Waals surface area contributed by atoms with E-state index in [9.17, 15) is 17.6 Å². The molecule has 0 spiro atoms. The van der Waals surface area contributed by atoms with Crippen molar-refractivity contribution in [2.75, 3.05) is 33.4 Å². The summed E-state index contributed by atoms with van der Waals surface area (Å²) in [7, 11) is -2.14. The van der Waals surface area contributed by atoms with Crippen LogP contribution >= 0.6 is 11.6 Å². The summed E-state index contributed by atoms with van der Waals surface area (Å²) >= 11 is 5.89. The van der Waals surface area contributed by atoms with Crippen molar-refractivity contribution in [1.29, 1.82) is 0 Å². The molecule has 0 radical (unpaired) electrons. The Hall–Kier alpha value is -1.26. The molecule has 0 aliphatic carbocycles. The van der Waals surface area contributed by atoms with Gasteiger partial charge in [0.15, 0.2) is 0 Å². The second-order valence-corrected chi connectivity index (χ2v) is 9.55. The third kappa shape index (κ3) is 4.18. The van der Waals surface area contributed by atoms with E-state index in [0.717, 1.165) is 0 Å². The van der Waals surface area contributed by atoms with Crippen LogP contribution in [0.25, 0.3) is 0 Å². The molecule has 0 bridgehead atoms. The third-order valence-electron chi connectivity index (χ3n) is 5.22. The van der Waals surface area contributed by atoms with Gasteiger partial charge < -0.3 is 4.74 Å². The van der Waals surface area contributed by atoms with E-state index in [1.165, 1.54) is 27.6 Å². The highest BCUT2D eigenvalue weighted by molar-refractivity contribution is 7.89. The van der Waals surface area contributed by atoms with E-state index in [2.05, 4.69) is 0 Å². The number of hydroxylamine groups is 2. The molecule has 0 aromatic heterocycles. The van der Waals surface area contributed by atoms with Gasteiger partial charge >= 0.3 is 5.97 Å². The number of esters is 1. The first-order chi connectivity index (χ1) is 13.3. The van der Waals surface area contributed by atoms with Crippen LogP contribution in [0.1, 0.15) is 31.4 Å². The molecule has 2 heterocycles. The second kappa shape index (κ2) is 8.62. The van der Waals surface area contributed by atoms with Crippen LogP contribution in [0.4, 0.5) is 4.39 Å². The molecule has 0 amide bonds. The van der Waals surface area contributed by atoms with E-state index in [0.29, 0.717) is 24.9 Å². The van der Waals surface area contributed by atoms with Crippen molar-refractivity contribution in [3.63, 3.8) is 0 Å². The minimum absolute atomic E-state index is 0.0287. The average Bonchev–Trinajstić information content (AvgIpc) is 3.06. The Labute approximate surface area is 169 Å². The van der Waals surface area contributed by atoms with Gasteiger partial charge in [-0.25, -0.2) is 17.1 Å². The van der Waals surface area contributed by atoms with Gasteiger partial charge in [0.05, 0.1) is 30.2 Å². The lowest BCUT2D eigenvalue weighted by molar-refractivity contribution is -0.149. The van der Waals surface area contributed by atoms with Crippen LogP contribution in [0.15, 0.2) is 18.2 Å². The number of hydrogen-bond donors (Lipinski definition) is 0. The van der Waals surface area contributed by atoms with E-state index >= 15 is 0 Å². The average molecular weight is 435 g/mol. The van der Waals surface area contributed by atoms with E-state index < -0.39 is 33.1 Å². The van der Waals surface area contributed by atoms with Crippen LogP contribution in [-0.2, 0) is 24.4 Å². The van der Waals surface area contributed by atoms with Gasteiger partial charge in [0.25, 0.3) is 0 Å². The molecule has 2 fully saturated rings. The van der Waals surface area contributed by atoms with Gasteiger partial charge in [-0.3, -0.25) is 9.63 Å². The van der Waals surface area contributed by atoms with E-state index in [1.54, 1.807) is 14.0 Å². The van der Waals surface area contributed by atoms with Crippen molar-refractivity contribution in [2.45, 2.75) is 31.1 Å². The number of sulfonamides is 1. The largest absolute Gasteiger partial charge is 0.466 e. The Morgan fingerprint density at radius 2 is 2.18 bits per heavy atom. The van der Waals surface area contributed by atoms with Gasteiger partial charge in [0.1, 0.15) is 11.1 Å². The molecule has 10 heteroatoms. The number of benzene rings is 1. The Morgan fingerprint density at radius 1 is 1.43 bits per heavy atom. The molecule has 0 unspecified atom stereocenters.